The van der Waals surface area contributed by atoms with Gasteiger partial charge in [-0.2, -0.15) is 4.73 Å². The highest BCUT2D eigenvalue weighted by Gasteiger charge is 2.27. The Labute approximate surface area is 162 Å². The molecule has 0 bridgehead atoms. The number of carbonyl (C=O) groups is 3. The van der Waals surface area contributed by atoms with Gasteiger partial charge in [-0.3, -0.25) is 9.59 Å². The molecule has 28 heavy (non-hydrogen) atoms. The smallest absolute Gasteiger partial charge is 0.339 e. The number of hydrogen-bond acceptors (Lipinski definition) is 5. The van der Waals surface area contributed by atoms with Crippen LogP contribution in [-0.2, 0) is 14.3 Å². The minimum atomic E-state index is -0.661. The van der Waals surface area contributed by atoms with Gasteiger partial charge in [0.15, 0.2) is 19.0 Å². The standard InChI is InChI=1S/C20H21N3O5/c24-18(14-28-20(26)16-8-12-23(27)13-9-16)22-10-6-15(7-11-22)19(25)21-17-4-2-1-3-5-17/h1-5,8-9,12-13,15H,6-7,10-11,14H2,(H,21,25). The van der Waals surface area contributed by atoms with Crippen molar-refractivity contribution in [2.24, 2.45) is 5.92 Å². The zero-order chi connectivity index (χ0) is 19.9. The van der Waals surface area contributed by atoms with Gasteiger partial charge >= 0.3 is 5.97 Å². The maximum Gasteiger partial charge on any atom is 0.339 e. The van der Waals surface area contributed by atoms with Crippen LogP contribution in [0, 0.1) is 11.1 Å². The van der Waals surface area contributed by atoms with Crippen LogP contribution in [0.5, 0.6) is 0 Å². The number of benzene rings is 1. The van der Waals surface area contributed by atoms with Crippen molar-refractivity contribution in [2.75, 3.05) is 25.0 Å². The molecule has 1 fully saturated rings. The Hall–Kier alpha value is -3.42. The van der Waals surface area contributed by atoms with Gasteiger partial charge < -0.3 is 20.2 Å². The van der Waals surface area contributed by atoms with E-state index in [1.165, 1.54) is 24.5 Å². The summed E-state index contributed by atoms with van der Waals surface area (Å²) in [6.45, 7) is 0.502. The van der Waals surface area contributed by atoms with E-state index in [1.807, 2.05) is 30.3 Å². The fourth-order valence-electron chi connectivity index (χ4n) is 3.01. The number of piperidine rings is 1. The monoisotopic (exact) mass is 383 g/mol. The number of pyridine rings is 1. The summed E-state index contributed by atoms with van der Waals surface area (Å²) < 4.78 is 5.57. The molecule has 2 aromatic rings. The highest BCUT2D eigenvalue weighted by Crippen LogP contribution is 2.19. The molecule has 1 N–H and O–H groups in total. The Morgan fingerprint density at radius 2 is 1.71 bits per heavy atom. The Balaban J connectivity index is 1.42. The summed E-state index contributed by atoms with van der Waals surface area (Å²) in [7, 11) is 0. The predicted molar refractivity (Wildman–Crippen MR) is 100 cm³/mol. The van der Waals surface area contributed by atoms with Gasteiger partial charge in [0.1, 0.15) is 0 Å². The fraction of sp³-hybridized carbons (Fsp3) is 0.300. The molecule has 0 spiro atoms. The van der Waals surface area contributed by atoms with Crippen molar-refractivity contribution in [3.63, 3.8) is 0 Å². The Morgan fingerprint density at radius 3 is 2.36 bits per heavy atom. The van der Waals surface area contributed by atoms with Gasteiger partial charge in [0.25, 0.3) is 5.91 Å². The number of rotatable bonds is 5. The fourth-order valence-corrected chi connectivity index (χ4v) is 3.01. The van der Waals surface area contributed by atoms with Gasteiger partial charge in [0.05, 0.1) is 5.56 Å². The molecule has 1 aromatic heterocycles. The van der Waals surface area contributed by atoms with E-state index in [-0.39, 0.29) is 29.9 Å². The van der Waals surface area contributed by atoms with Gasteiger partial charge in [0, 0.05) is 36.8 Å². The minimum Gasteiger partial charge on any atom is -0.619 e. The van der Waals surface area contributed by atoms with Gasteiger partial charge in [-0.1, -0.05) is 18.2 Å². The third-order valence-corrected chi connectivity index (χ3v) is 4.62. The van der Waals surface area contributed by atoms with Crippen LogP contribution in [-0.4, -0.2) is 42.4 Å². The highest BCUT2D eigenvalue weighted by atomic mass is 16.5. The van der Waals surface area contributed by atoms with E-state index in [1.54, 1.807) is 4.90 Å². The molecule has 0 unspecified atom stereocenters. The number of esters is 1. The largest absolute Gasteiger partial charge is 0.619 e. The number of nitrogens with one attached hydrogen (secondary N) is 1. The third-order valence-electron chi connectivity index (χ3n) is 4.62. The maximum absolute atomic E-state index is 12.3. The first-order chi connectivity index (χ1) is 13.5. The molecule has 0 saturated carbocycles. The quantitative estimate of drug-likeness (QED) is 0.477. The van der Waals surface area contributed by atoms with Crippen LogP contribution in [0.1, 0.15) is 23.2 Å². The summed E-state index contributed by atoms with van der Waals surface area (Å²) in [6, 6.07) is 11.9. The van der Waals surface area contributed by atoms with Crippen LogP contribution in [0.25, 0.3) is 0 Å². The normalized spacial score (nSPS) is 14.4. The number of para-hydroxylation sites is 1. The van der Waals surface area contributed by atoms with E-state index < -0.39 is 5.97 Å². The first-order valence-electron chi connectivity index (χ1n) is 9.02. The van der Waals surface area contributed by atoms with Crippen LogP contribution in [0.2, 0.25) is 0 Å². The van der Waals surface area contributed by atoms with Gasteiger partial charge in [-0.15, -0.1) is 0 Å². The first kappa shape index (κ1) is 19.3. The number of carbonyl (C=O) groups excluding carboxylic acids is 3. The summed E-state index contributed by atoms with van der Waals surface area (Å²) in [5.41, 5.74) is 0.956. The van der Waals surface area contributed by atoms with Crippen LogP contribution in [0.4, 0.5) is 5.69 Å². The Morgan fingerprint density at radius 1 is 1.07 bits per heavy atom. The predicted octanol–water partition coefficient (Wildman–Crippen LogP) is 1.35. The third kappa shape index (κ3) is 5.06. The van der Waals surface area contributed by atoms with Crippen molar-refractivity contribution in [1.82, 2.24) is 4.90 Å². The van der Waals surface area contributed by atoms with Crippen LogP contribution in [0.15, 0.2) is 54.9 Å². The van der Waals surface area contributed by atoms with Crippen molar-refractivity contribution < 1.29 is 23.9 Å². The molecule has 1 aliphatic heterocycles. The highest BCUT2D eigenvalue weighted by molar-refractivity contribution is 5.93. The number of aromatic nitrogens is 1. The number of anilines is 1. The Kier molecular flexibility index (Phi) is 6.21. The summed E-state index contributed by atoms with van der Waals surface area (Å²) in [6.07, 6.45) is 3.48. The lowest BCUT2D eigenvalue weighted by Gasteiger charge is -2.31. The number of amides is 2. The average molecular weight is 383 g/mol. The van der Waals surface area contributed by atoms with E-state index in [0.717, 1.165) is 5.69 Å². The summed E-state index contributed by atoms with van der Waals surface area (Å²) >= 11 is 0. The van der Waals surface area contributed by atoms with Crippen molar-refractivity contribution in [2.45, 2.75) is 12.8 Å². The second kappa shape index (κ2) is 8.98. The number of hydrogen-bond donors (Lipinski definition) is 1. The molecular weight excluding hydrogens is 362 g/mol. The molecular formula is C20H21N3O5. The number of likely N-dealkylation sites (tertiary alicyclic amines) is 1. The van der Waals surface area contributed by atoms with E-state index in [0.29, 0.717) is 30.7 Å². The Bertz CT molecular complexity index is 831. The number of ether oxygens (including phenoxy) is 1. The molecule has 1 aromatic carbocycles. The molecule has 146 valence electrons. The van der Waals surface area contributed by atoms with Crippen LogP contribution in [0.3, 0.4) is 0 Å². The molecule has 2 heterocycles. The molecule has 8 nitrogen and oxygen atoms in total. The second-order valence-electron chi connectivity index (χ2n) is 6.53. The summed E-state index contributed by atoms with van der Waals surface area (Å²) in [5, 5.41) is 13.9. The van der Waals surface area contributed by atoms with Crippen molar-refractivity contribution >= 4 is 23.5 Å². The van der Waals surface area contributed by atoms with Crippen LogP contribution < -0.4 is 10.0 Å². The van der Waals surface area contributed by atoms with Gasteiger partial charge in [0.2, 0.25) is 5.91 Å². The molecule has 0 radical (unpaired) electrons. The lowest BCUT2D eigenvalue weighted by Crippen LogP contribution is -2.43. The molecule has 2 amide bonds. The van der Waals surface area contributed by atoms with Gasteiger partial charge in [-0.25, -0.2) is 4.79 Å². The van der Waals surface area contributed by atoms with Crippen molar-refractivity contribution in [3.05, 3.63) is 65.6 Å². The lowest BCUT2D eigenvalue weighted by atomic mass is 9.95. The summed E-state index contributed by atoms with van der Waals surface area (Å²) in [5.74, 6) is -1.17. The maximum atomic E-state index is 12.3. The average Bonchev–Trinajstić information content (AvgIpc) is 2.73. The SMILES string of the molecule is O=C(OCC(=O)N1CCC(C(=O)Nc2ccccc2)CC1)c1cc[n+]([O-])cc1. The van der Waals surface area contributed by atoms with Crippen molar-refractivity contribution in [1.29, 1.82) is 0 Å². The first-order valence-corrected chi connectivity index (χ1v) is 9.02. The second-order valence-corrected chi connectivity index (χ2v) is 6.53. The molecule has 3 rings (SSSR count). The van der Waals surface area contributed by atoms with E-state index in [9.17, 15) is 19.6 Å². The lowest BCUT2D eigenvalue weighted by molar-refractivity contribution is -0.605. The molecule has 1 saturated heterocycles. The molecule has 1 aliphatic rings. The van der Waals surface area contributed by atoms with E-state index >= 15 is 0 Å². The van der Waals surface area contributed by atoms with E-state index in [2.05, 4.69) is 5.32 Å². The molecule has 8 heteroatoms. The van der Waals surface area contributed by atoms with Crippen molar-refractivity contribution in [3.8, 4) is 0 Å². The topological polar surface area (TPSA) is 103 Å². The zero-order valence-corrected chi connectivity index (χ0v) is 15.2. The number of nitrogens with zero attached hydrogens (tertiary/aromatic N) is 2. The summed E-state index contributed by atoms with van der Waals surface area (Å²) in [4.78, 5) is 38.1. The van der Waals surface area contributed by atoms with Gasteiger partial charge in [-0.05, 0) is 25.0 Å². The zero-order valence-electron chi connectivity index (χ0n) is 15.2. The minimum absolute atomic E-state index is 0.0515. The molecule has 0 atom stereocenters. The molecule has 0 aliphatic carbocycles. The van der Waals surface area contributed by atoms with E-state index in [4.69, 9.17) is 4.74 Å². The van der Waals surface area contributed by atoms with Crippen LogP contribution >= 0.6 is 0 Å².